The SMILES string of the molecule is NCCN1CCC(NC(=O)CCc2ccco2)CC1. The highest BCUT2D eigenvalue weighted by atomic mass is 16.3. The number of hydrogen-bond acceptors (Lipinski definition) is 4. The summed E-state index contributed by atoms with van der Waals surface area (Å²) in [7, 11) is 0. The summed E-state index contributed by atoms with van der Waals surface area (Å²) in [5.74, 6) is 0.988. The molecule has 0 unspecified atom stereocenters. The molecule has 2 heterocycles. The first-order valence-corrected chi connectivity index (χ1v) is 7.02. The van der Waals surface area contributed by atoms with Crippen molar-refractivity contribution in [3.63, 3.8) is 0 Å². The Morgan fingerprint density at radius 3 is 2.89 bits per heavy atom. The fraction of sp³-hybridized carbons (Fsp3) is 0.643. The molecule has 1 aliphatic rings. The summed E-state index contributed by atoms with van der Waals surface area (Å²) in [6.45, 7) is 3.72. The van der Waals surface area contributed by atoms with Crippen molar-refractivity contribution in [2.45, 2.75) is 31.7 Å². The second-order valence-corrected chi connectivity index (χ2v) is 5.05. The molecule has 1 saturated heterocycles. The van der Waals surface area contributed by atoms with Crippen molar-refractivity contribution < 1.29 is 9.21 Å². The van der Waals surface area contributed by atoms with E-state index in [0.29, 0.717) is 25.4 Å². The van der Waals surface area contributed by atoms with Gasteiger partial charge in [0.1, 0.15) is 5.76 Å². The summed E-state index contributed by atoms with van der Waals surface area (Å²) >= 11 is 0. The number of nitrogens with one attached hydrogen (secondary N) is 1. The molecule has 0 aromatic carbocycles. The van der Waals surface area contributed by atoms with Gasteiger partial charge in [-0.2, -0.15) is 0 Å². The molecule has 2 rings (SSSR count). The number of rotatable bonds is 6. The Kier molecular flexibility index (Phi) is 5.42. The number of hydrogen-bond donors (Lipinski definition) is 2. The molecule has 1 aliphatic heterocycles. The first kappa shape index (κ1) is 14.1. The minimum Gasteiger partial charge on any atom is -0.469 e. The quantitative estimate of drug-likeness (QED) is 0.796. The van der Waals surface area contributed by atoms with E-state index in [1.165, 1.54) is 0 Å². The van der Waals surface area contributed by atoms with Gasteiger partial charge in [-0.3, -0.25) is 4.79 Å². The van der Waals surface area contributed by atoms with Crippen molar-refractivity contribution in [3.05, 3.63) is 24.2 Å². The first-order valence-electron chi connectivity index (χ1n) is 7.02. The smallest absolute Gasteiger partial charge is 0.220 e. The average Bonchev–Trinajstić information content (AvgIpc) is 2.92. The Morgan fingerprint density at radius 1 is 1.47 bits per heavy atom. The maximum atomic E-state index is 11.8. The van der Waals surface area contributed by atoms with Crippen LogP contribution in [0.5, 0.6) is 0 Å². The molecule has 0 atom stereocenters. The van der Waals surface area contributed by atoms with Crippen LogP contribution in [0.25, 0.3) is 0 Å². The Bertz CT molecular complexity index is 370. The molecule has 1 fully saturated rings. The van der Waals surface area contributed by atoms with Gasteiger partial charge in [-0.25, -0.2) is 0 Å². The highest BCUT2D eigenvalue weighted by Gasteiger charge is 2.19. The minimum absolute atomic E-state index is 0.119. The molecular formula is C14H23N3O2. The summed E-state index contributed by atoms with van der Waals surface area (Å²) < 4.78 is 5.22. The van der Waals surface area contributed by atoms with Gasteiger partial charge in [-0.1, -0.05) is 0 Å². The Labute approximate surface area is 114 Å². The maximum absolute atomic E-state index is 11.8. The molecule has 0 radical (unpaired) electrons. The van der Waals surface area contributed by atoms with E-state index >= 15 is 0 Å². The van der Waals surface area contributed by atoms with Gasteiger partial charge in [0, 0.05) is 45.1 Å². The lowest BCUT2D eigenvalue weighted by atomic mass is 10.0. The molecule has 1 aromatic rings. The van der Waals surface area contributed by atoms with Crippen LogP contribution in [-0.4, -0.2) is 43.0 Å². The van der Waals surface area contributed by atoms with E-state index in [0.717, 1.165) is 38.2 Å². The molecule has 0 saturated carbocycles. The predicted octanol–water partition coefficient (Wildman–Crippen LogP) is 0.752. The Hall–Kier alpha value is -1.33. The largest absolute Gasteiger partial charge is 0.469 e. The number of aryl methyl sites for hydroxylation is 1. The van der Waals surface area contributed by atoms with Gasteiger partial charge in [0.25, 0.3) is 0 Å². The summed E-state index contributed by atoms with van der Waals surface area (Å²) in [4.78, 5) is 14.2. The van der Waals surface area contributed by atoms with Crippen molar-refractivity contribution in [2.75, 3.05) is 26.2 Å². The van der Waals surface area contributed by atoms with Gasteiger partial charge in [0.05, 0.1) is 6.26 Å². The molecule has 1 amide bonds. The van der Waals surface area contributed by atoms with Gasteiger partial charge >= 0.3 is 0 Å². The summed E-state index contributed by atoms with van der Waals surface area (Å²) in [5.41, 5.74) is 5.54. The number of piperidine rings is 1. The van der Waals surface area contributed by atoms with Crippen LogP contribution in [0.15, 0.2) is 22.8 Å². The van der Waals surface area contributed by atoms with Crippen molar-refractivity contribution in [3.8, 4) is 0 Å². The molecule has 1 aromatic heterocycles. The van der Waals surface area contributed by atoms with Gasteiger partial charge in [-0.15, -0.1) is 0 Å². The summed E-state index contributed by atoms with van der Waals surface area (Å²) in [5, 5.41) is 3.11. The molecule has 106 valence electrons. The van der Waals surface area contributed by atoms with E-state index in [4.69, 9.17) is 10.2 Å². The molecular weight excluding hydrogens is 242 g/mol. The molecule has 3 N–H and O–H groups in total. The summed E-state index contributed by atoms with van der Waals surface area (Å²) in [6, 6.07) is 4.07. The van der Waals surface area contributed by atoms with Gasteiger partial charge < -0.3 is 20.4 Å². The van der Waals surface area contributed by atoms with Crippen LogP contribution in [0.4, 0.5) is 0 Å². The van der Waals surface area contributed by atoms with E-state index in [9.17, 15) is 4.79 Å². The van der Waals surface area contributed by atoms with Crippen molar-refractivity contribution in [1.29, 1.82) is 0 Å². The predicted molar refractivity (Wildman–Crippen MR) is 73.7 cm³/mol. The van der Waals surface area contributed by atoms with Crippen LogP contribution in [-0.2, 0) is 11.2 Å². The van der Waals surface area contributed by atoms with E-state index in [2.05, 4.69) is 10.2 Å². The monoisotopic (exact) mass is 265 g/mol. The van der Waals surface area contributed by atoms with Gasteiger partial charge in [0.15, 0.2) is 0 Å². The Balaban J connectivity index is 1.63. The lowest BCUT2D eigenvalue weighted by Gasteiger charge is -2.31. The second kappa shape index (κ2) is 7.31. The third kappa shape index (κ3) is 4.69. The van der Waals surface area contributed by atoms with Crippen LogP contribution in [0.2, 0.25) is 0 Å². The number of carbonyl (C=O) groups is 1. The normalized spacial score (nSPS) is 17.5. The zero-order valence-corrected chi connectivity index (χ0v) is 11.3. The fourth-order valence-electron chi connectivity index (χ4n) is 2.47. The van der Waals surface area contributed by atoms with Crippen LogP contribution in [0.3, 0.4) is 0 Å². The molecule has 5 heteroatoms. The topological polar surface area (TPSA) is 71.5 Å². The zero-order valence-electron chi connectivity index (χ0n) is 11.3. The zero-order chi connectivity index (χ0) is 13.5. The molecule has 0 bridgehead atoms. The molecule has 0 spiro atoms. The van der Waals surface area contributed by atoms with Crippen molar-refractivity contribution >= 4 is 5.91 Å². The third-order valence-corrected chi connectivity index (χ3v) is 3.58. The molecule has 0 aliphatic carbocycles. The molecule has 5 nitrogen and oxygen atoms in total. The van der Waals surface area contributed by atoms with Crippen LogP contribution >= 0.6 is 0 Å². The maximum Gasteiger partial charge on any atom is 0.220 e. The van der Waals surface area contributed by atoms with Gasteiger partial charge in [-0.05, 0) is 25.0 Å². The van der Waals surface area contributed by atoms with Crippen LogP contribution < -0.4 is 11.1 Å². The highest BCUT2D eigenvalue weighted by molar-refractivity contribution is 5.76. The first-order chi connectivity index (χ1) is 9.28. The number of likely N-dealkylation sites (tertiary alicyclic amines) is 1. The molecule has 19 heavy (non-hydrogen) atoms. The number of amides is 1. The minimum atomic E-state index is 0.119. The number of nitrogens with zero attached hydrogens (tertiary/aromatic N) is 1. The van der Waals surface area contributed by atoms with E-state index in [1.54, 1.807) is 6.26 Å². The van der Waals surface area contributed by atoms with Crippen LogP contribution in [0, 0.1) is 0 Å². The summed E-state index contributed by atoms with van der Waals surface area (Å²) in [6.07, 6.45) is 4.85. The van der Waals surface area contributed by atoms with Crippen molar-refractivity contribution in [2.24, 2.45) is 5.73 Å². The van der Waals surface area contributed by atoms with Gasteiger partial charge in [0.2, 0.25) is 5.91 Å². The lowest BCUT2D eigenvalue weighted by molar-refractivity contribution is -0.122. The van der Waals surface area contributed by atoms with E-state index in [-0.39, 0.29) is 5.91 Å². The average molecular weight is 265 g/mol. The highest BCUT2D eigenvalue weighted by Crippen LogP contribution is 2.10. The number of furan rings is 1. The van der Waals surface area contributed by atoms with E-state index < -0.39 is 0 Å². The third-order valence-electron chi connectivity index (χ3n) is 3.58. The fourth-order valence-corrected chi connectivity index (χ4v) is 2.47. The van der Waals surface area contributed by atoms with E-state index in [1.807, 2.05) is 12.1 Å². The Morgan fingerprint density at radius 2 is 2.26 bits per heavy atom. The lowest BCUT2D eigenvalue weighted by Crippen LogP contribution is -2.45. The standard InChI is InChI=1S/C14H23N3O2/c15-7-10-17-8-5-12(6-9-17)16-14(18)4-3-13-2-1-11-19-13/h1-2,11-12H,3-10,15H2,(H,16,18). The van der Waals surface area contributed by atoms with Crippen LogP contribution in [0.1, 0.15) is 25.0 Å². The second-order valence-electron chi connectivity index (χ2n) is 5.05. The van der Waals surface area contributed by atoms with Crippen molar-refractivity contribution in [1.82, 2.24) is 10.2 Å². The number of carbonyl (C=O) groups excluding carboxylic acids is 1. The number of nitrogens with two attached hydrogens (primary N) is 1.